The van der Waals surface area contributed by atoms with Gasteiger partial charge >= 0.3 is 0 Å². The minimum Gasteiger partial charge on any atom is -0.508 e. The van der Waals surface area contributed by atoms with Gasteiger partial charge in [-0.05, 0) is 36.8 Å². The molecule has 2 aromatic carbocycles. The van der Waals surface area contributed by atoms with Gasteiger partial charge in [0.1, 0.15) is 5.75 Å². The molecule has 0 aliphatic rings. The van der Waals surface area contributed by atoms with E-state index in [0.29, 0.717) is 5.02 Å². The lowest BCUT2D eigenvalue weighted by Crippen LogP contribution is -1.91. The Morgan fingerprint density at radius 3 is 2.69 bits per heavy atom. The quantitative estimate of drug-likeness (QED) is 0.819. The molecule has 0 bridgehead atoms. The second kappa shape index (κ2) is 4.45. The molecule has 2 nitrogen and oxygen atoms in total. The van der Waals surface area contributed by atoms with Crippen molar-refractivity contribution in [2.24, 2.45) is 0 Å². The highest BCUT2D eigenvalue weighted by atomic mass is 35.5. The fourth-order valence-electron chi connectivity index (χ4n) is 1.47. The predicted octanol–water partition coefficient (Wildman–Crippen LogP) is 4.10. The first kappa shape index (κ1) is 10.8. The van der Waals surface area contributed by atoms with E-state index >= 15 is 0 Å². The van der Waals surface area contributed by atoms with Crippen LogP contribution in [0.4, 0.5) is 11.4 Å². The smallest absolute Gasteiger partial charge is 0.117 e. The number of nitrogens with one attached hydrogen (secondary N) is 1. The van der Waals surface area contributed by atoms with E-state index in [4.69, 9.17) is 11.6 Å². The molecule has 16 heavy (non-hydrogen) atoms. The molecule has 0 saturated carbocycles. The van der Waals surface area contributed by atoms with Crippen molar-refractivity contribution in [3.63, 3.8) is 0 Å². The van der Waals surface area contributed by atoms with Gasteiger partial charge in [0.15, 0.2) is 0 Å². The third-order valence-corrected chi connectivity index (χ3v) is 2.58. The Morgan fingerprint density at radius 2 is 1.94 bits per heavy atom. The van der Waals surface area contributed by atoms with E-state index in [0.717, 1.165) is 16.9 Å². The maximum absolute atomic E-state index is 9.34. The van der Waals surface area contributed by atoms with Crippen molar-refractivity contribution in [2.45, 2.75) is 6.92 Å². The summed E-state index contributed by atoms with van der Waals surface area (Å²) >= 11 is 6.06. The van der Waals surface area contributed by atoms with E-state index in [2.05, 4.69) is 5.32 Å². The van der Waals surface area contributed by atoms with Crippen LogP contribution in [0.5, 0.6) is 5.75 Å². The Kier molecular flexibility index (Phi) is 3.02. The number of hydrogen-bond acceptors (Lipinski definition) is 2. The number of hydrogen-bond donors (Lipinski definition) is 2. The van der Waals surface area contributed by atoms with Crippen LogP contribution in [0.1, 0.15) is 5.56 Å². The molecule has 82 valence electrons. The van der Waals surface area contributed by atoms with Gasteiger partial charge in [-0.15, -0.1) is 0 Å². The SMILES string of the molecule is Cc1ccc(Cl)c(Nc2cccc(O)c2)c1. The first-order chi connectivity index (χ1) is 7.65. The van der Waals surface area contributed by atoms with E-state index in [1.807, 2.05) is 31.2 Å². The van der Waals surface area contributed by atoms with Crippen molar-refractivity contribution >= 4 is 23.0 Å². The molecule has 2 rings (SSSR count). The Balaban J connectivity index is 2.30. The lowest BCUT2D eigenvalue weighted by molar-refractivity contribution is 0.475. The Bertz CT molecular complexity index is 511. The maximum atomic E-state index is 9.34. The summed E-state index contributed by atoms with van der Waals surface area (Å²) in [5.41, 5.74) is 2.78. The predicted molar refractivity (Wildman–Crippen MR) is 67.6 cm³/mol. The van der Waals surface area contributed by atoms with E-state index < -0.39 is 0 Å². The van der Waals surface area contributed by atoms with Gasteiger partial charge in [0.05, 0.1) is 10.7 Å². The van der Waals surface area contributed by atoms with E-state index in [1.165, 1.54) is 0 Å². The first-order valence-corrected chi connectivity index (χ1v) is 5.35. The Labute approximate surface area is 99.5 Å². The van der Waals surface area contributed by atoms with Crippen molar-refractivity contribution in [3.8, 4) is 5.75 Å². The number of phenols is 1. The van der Waals surface area contributed by atoms with Crippen LogP contribution in [-0.4, -0.2) is 5.11 Å². The van der Waals surface area contributed by atoms with Gasteiger partial charge in [0.25, 0.3) is 0 Å². The van der Waals surface area contributed by atoms with Gasteiger partial charge in [-0.2, -0.15) is 0 Å². The summed E-state index contributed by atoms with van der Waals surface area (Å²) in [7, 11) is 0. The van der Waals surface area contributed by atoms with E-state index in [-0.39, 0.29) is 5.75 Å². The lowest BCUT2D eigenvalue weighted by atomic mass is 10.2. The van der Waals surface area contributed by atoms with Crippen LogP contribution in [-0.2, 0) is 0 Å². The van der Waals surface area contributed by atoms with Gasteiger partial charge in [0.2, 0.25) is 0 Å². The zero-order chi connectivity index (χ0) is 11.5. The standard InChI is InChI=1S/C13H12ClNO/c1-9-5-6-12(14)13(7-9)15-10-3-2-4-11(16)8-10/h2-8,15-16H,1H3. The molecule has 3 heteroatoms. The molecule has 0 heterocycles. The summed E-state index contributed by atoms with van der Waals surface area (Å²) in [6.07, 6.45) is 0. The third kappa shape index (κ3) is 2.47. The molecule has 0 radical (unpaired) electrons. The summed E-state index contributed by atoms with van der Waals surface area (Å²) in [4.78, 5) is 0. The molecule has 0 aliphatic carbocycles. The lowest BCUT2D eigenvalue weighted by Gasteiger charge is -2.09. The number of halogens is 1. The summed E-state index contributed by atoms with van der Waals surface area (Å²) in [6, 6.07) is 12.7. The molecule has 0 atom stereocenters. The first-order valence-electron chi connectivity index (χ1n) is 4.97. The van der Waals surface area contributed by atoms with E-state index in [1.54, 1.807) is 18.2 Å². The Morgan fingerprint density at radius 1 is 1.12 bits per heavy atom. The van der Waals surface area contributed by atoms with Crippen molar-refractivity contribution in [1.82, 2.24) is 0 Å². The highest BCUT2D eigenvalue weighted by molar-refractivity contribution is 6.33. The highest BCUT2D eigenvalue weighted by Crippen LogP contribution is 2.27. The van der Waals surface area contributed by atoms with E-state index in [9.17, 15) is 5.11 Å². The van der Waals surface area contributed by atoms with Crippen molar-refractivity contribution in [1.29, 1.82) is 0 Å². The highest BCUT2D eigenvalue weighted by Gasteiger charge is 2.01. The van der Waals surface area contributed by atoms with Gasteiger partial charge in [-0.1, -0.05) is 23.7 Å². The molecule has 0 amide bonds. The second-order valence-corrected chi connectivity index (χ2v) is 4.07. The molecule has 0 aliphatic heterocycles. The molecular formula is C13H12ClNO. The summed E-state index contributed by atoms with van der Waals surface area (Å²) < 4.78 is 0. The van der Waals surface area contributed by atoms with Crippen LogP contribution in [0.2, 0.25) is 5.02 Å². The minimum atomic E-state index is 0.230. The fraction of sp³-hybridized carbons (Fsp3) is 0.0769. The topological polar surface area (TPSA) is 32.3 Å². The molecule has 0 aromatic heterocycles. The summed E-state index contributed by atoms with van der Waals surface area (Å²) in [5, 5.41) is 13.2. The normalized spacial score (nSPS) is 10.1. The molecule has 0 unspecified atom stereocenters. The van der Waals surface area contributed by atoms with Crippen LogP contribution in [0.25, 0.3) is 0 Å². The molecule has 2 N–H and O–H groups in total. The number of rotatable bonds is 2. The van der Waals surface area contributed by atoms with Crippen LogP contribution in [0.3, 0.4) is 0 Å². The zero-order valence-corrected chi connectivity index (χ0v) is 9.62. The second-order valence-electron chi connectivity index (χ2n) is 3.66. The van der Waals surface area contributed by atoms with Crippen LogP contribution in [0, 0.1) is 6.92 Å². The monoisotopic (exact) mass is 233 g/mol. The Hall–Kier alpha value is -1.67. The van der Waals surface area contributed by atoms with Crippen LogP contribution < -0.4 is 5.32 Å². The zero-order valence-electron chi connectivity index (χ0n) is 8.87. The molecule has 0 saturated heterocycles. The van der Waals surface area contributed by atoms with Crippen molar-refractivity contribution < 1.29 is 5.11 Å². The van der Waals surface area contributed by atoms with Gasteiger partial charge < -0.3 is 10.4 Å². The number of aromatic hydroxyl groups is 1. The average Bonchev–Trinajstić information content (AvgIpc) is 2.24. The van der Waals surface area contributed by atoms with Crippen molar-refractivity contribution in [2.75, 3.05) is 5.32 Å². The van der Waals surface area contributed by atoms with Crippen LogP contribution >= 0.6 is 11.6 Å². The summed E-state index contributed by atoms with van der Waals surface area (Å²) in [5.74, 6) is 0.230. The van der Waals surface area contributed by atoms with Crippen LogP contribution in [0.15, 0.2) is 42.5 Å². The summed E-state index contributed by atoms with van der Waals surface area (Å²) in [6.45, 7) is 2.00. The van der Waals surface area contributed by atoms with Gasteiger partial charge in [0, 0.05) is 11.8 Å². The molecule has 2 aromatic rings. The van der Waals surface area contributed by atoms with Crippen molar-refractivity contribution in [3.05, 3.63) is 53.1 Å². The number of anilines is 2. The number of aryl methyl sites for hydroxylation is 1. The number of phenolic OH excluding ortho intramolecular Hbond substituents is 1. The maximum Gasteiger partial charge on any atom is 0.117 e. The minimum absolute atomic E-state index is 0.230. The number of benzene rings is 2. The average molecular weight is 234 g/mol. The van der Waals surface area contributed by atoms with Gasteiger partial charge in [-0.25, -0.2) is 0 Å². The molecule has 0 fully saturated rings. The molecule has 0 spiro atoms. The molecular weight excluding hydrogens is 222 g/mol. The third-order valence-electron chi connectivity index (χ3n) is 2.25. The van der Waals surface area contributed by atoms with Gasteiger partial charge in [-0.3, -0.25) is 0 Å². The largest absolute Gasteiger partial charge is 0.508 e. The fourth-order valence-corrected chi connectivity index (χ4v) is 1.64.